The predicted octanol–water partition coefficient (Wildman–Crippen LogP) is 2.69. The standard InChI is InChI=1S/C14H15N2O3P/c15-11-5-8(1-3-13(11)17)10(7-20-19)9-2-4-14(18)12(16)6-9/h1-6,10,17-18H,7,15-16H2. The van der Waals surface area contributed by atoms with Crippen molar-refractivity contribution >= 4 is 19.8 Å². The number of nitrogen functional groups attached to an aromatic ring is 2. The minimum atomic E-state index is -0.181. The molecule has 2 aromatic rings. The van der Waals surface area contributed by atoms with E-state index in [9.17, 15) is 14.8 Å². The van der Waals surface area contributed by atoms with Gasteiger partial charge in [-0.25, -0.2) is 0 Å². The van der Waals surface area contributed by atoms with Crippen molar-refractivity contribution in [1.29, 1.82) is 0 Å². The van der Waals surface area contributed by atoms with Crippen LogP contribution in [0.3, 0.4) is 0 Å². The van der Waals surface area contributed by atoms with E-state index in [-0.39, 0.29) is 37.3 Å². The van der Waals surface area contributed by atoms with Gasteiger partial charge in [-0.2, -0.15) is 0 Å². The van der Waals surface area contributed by atoms with Gasteiger partial charge in [0.05, 0.1) is 11.4 Å². The number of hydrogen-bond donors (Lipinski definition) is 4. The lowest BCUT2D eigenvalue weighted by Gasteiger charge is -2.16. The van der Waals surface area contributed by atoms with E-state index in [0.717, 1.165) is 11.1 Å². The molecule has 2 aromatic carbocycles. The maximum atomic E-state index is 11.0. The first kappa shape index (κ1) is 14.2. The van der Waals surface area contributed by atoms with Crippen LogP contribution in [0.1, 0.15) is 17.0 Å². The third-order valence-electron chi connectivity index (χ3n) is 3.17. The maximum Gasteiger partial charge on any atom is 0.156 e. The first-order valence-corrected chi connectivity index (χ1v) is 6.98. The van der Waals surface area contributed by atoms with Gasteiger partial charge in [-0.05, 0) is 35.4 Å². The zero-order valence-electron chi connectivity index (χ0n) is 10.7. The zero-order valence-corrected chi connectivity index (χ0v) is 11.5. The van der Waals surface area contributed by atoms with E-state index in [2.05, 4.69) is 0 Å². The van der Waals surface area contributed by atoms with E-state index in [0.29, 0.717) is 6.16 Å². The first-order chi connectivity index (χ1) is 9.52. The van der Waals surface area contributed by atoms with E-state index >= 15 is 0 Å². The highest BCUT2D eigenvalue weighted by molar-refractivity contribution is 7.23. The highest BCUT2D eigenvalue weighted by Gasteiger charge is 2.16. The average molecular weight is 290 g/mol. The molecule has 0 aromatic heterocycles. The Kier molecular flexibility index (Phi) is 4.11. The Balaban J connectivity index is 2.46. The van der Waals surface area contributed by atoms with Crippen LogP contribution in [0.15, 0.2) is 36.4 Å². The molecular weight excluding hydrogens is 275 g/mol. The quantitative estimate of drug-likeness (QED) is 0.393. The molecule has 0 saturated heterocycles. The summed E-state index contributed by atoms with van der Waals surface area (Å²) in [7, 11) is -0.00825. The molecule has 104 valence electrons. The summed E-state index contributed by atoms with van der Waals surface area (Å²) in [6, 6.07) is 9.75. The lowest BCUT2D eigenvalue weighted by molar-refractivity contribution is 0.477. The number of hydrogen-bond acceptors (Lipinski definition) is 5. The Morgan fingerprint density at radius 2 is 1.40 bits per heavy atom. The summed E-state index contributed by atoms with van der Waals surface area (Å²) >= 11 is 0. The van der Waals surface area contributed by atoms with Crippen molar-refractivity contribution in [2.45, 2.75) is 5.92 Å². The van der Waals surface area contributed by atoms with Crippen LogP contribution in [0.25, 0.3) is 0 Å². The predicted molar refractivity (Wildman–Crippen MR) is 79.4 cm³/mol. The van der Waals surface area contributed by atoms with Gasteiger partial charge in [0.1, 0.15) is 11.5 Å². The van der Waals surface area contributed by atoms with Crippen molar-refractivity contribution in [2.24, 2.45) is 0 Å². The number of phenols is 2. The van der Waals surface area contributed by atoms with Gasteiger partial charge in [0, 0.05) is 12.1 Å². The number of aromatic hydroxyl groups is 2. The van der Waals surface area contributed by atoms with Gasteiger partial charge < -0.3 is 21.7 Å². The second kappa shape index (κ2) is 5.80. The third-order valence-corrected chi connectivity index (χ3v) is 3.68. The smallest absolute Gasteiger partial charge is 0.156 e. The third kappa shape index (κ3) is 2.83. The highest BCUT2D eigenvalue weighted by Crippen LogP contribution is 2.34. The molecule has 6 heteroatoms. The molecule has 0 unspecified atom stereocenters. The largest absolute Gasteiger partial charge is 0.506 e. The fourth-order valence-electron chi connectivity index (χ4n) is 2.06. The maximum absolute atomic E-state index is 11.0. The Morgan fingerprint density at radius 3 is 1.75 bits per heavy atom. The second-order valence-corrected chi connectivity index (χ2v) is 5.12. The van der Waals surface area contributed by atoms with Gasteiger partial charge in [0.2, 0.25) is 0 Å². The molecule has 0 amide bonds. The van der Waals surface area contributed by atoms with Gasteiger partial charge in [-0.15, -0.1) is 0 Å². The Labute approximate surface area is 118 Å². The van der Waals surface area contributed by atoms with E-state index < -0.39 is 0 Å². The zero-order chi connectivity index (χ0) is 14.7. The van der Waals surface area contributed by atoms with Crippen molar-refractivity contribution in [1.82, 2.24) is 0 Å². The molecule has 0 aliphatic heterocycles. The van der Waals surface area contributed by atoms with Crippen LogP contribution >= 0.6 is 8.46 Å². The molecule has 0 saturated carbocycles. The monoisotopic (exact) mass is 290 g/mol. The van der Waals surface area contributed by atoms with Crippen LogP contribution in [-0.4, -0.2) is 16.4 Å². The van der Waals surface area contributed by atoms with Gasteiger partial charge in [0.15, 0.2) is 8.46 Å². The van der Waals surface area contributed by atoms with Gasteiger partial charge >= 0.3 is 0 Å². The van der Waals surface area contributed by atoms with Crippen LogP contribution < -0.4 is 11.5 Å². The molecule has 0 atom stereocenters. The molecule has 6 N–H and O–H groups in total. The van der Waals surface area contributed by atoms with E-state index in [1.165, 1.54) is 12.1 Å². The molecule has 0 radical (unpaired) electrons. The molecule has 0 aliphatic carbocycles. The highest BCUT2D eigenvalue weighted by atomic mass is 31.1. The molecule has 0 aliphatic rings. The van der Waals surface area contributed by atoms with Crippen molar-refractivity contribution in [3.8, 4) is 11.5 Å². The number of phenolic OH excluding ortho intramolecular Hbond substituents is 2. The number of nitrogens with two attached hydrogens (primary N) is 2. The summed E-state index contributed by atoms with van der Waals surface area (Å²) < 4.78 is 11.0. The fraction of sp³-hybridized carbons (Fsp3) is 0.143. The number of anilines is 2. The molecule has 0 heterocycles. The SMILES string of the molecule is Nc1cc(C(CP=O)c2ccc(O)c(N)c2)ccc1O. The number of benzene rings is 2. The lowest BCUT2D eigenvalue weighted by atomic mass is 9.92. The van der Waals surface area contributed by atoms with E-state index in [1.807, 2.05) is 0 Å². The van der Waals surface area contributed by atoms with Crippen molar-refractivity contribution < 1.29 is 14.8 Å². The topological polar surface area (TPSA) is 110 Å². The van der Waals surface area contributed by atoms with Crippen LogP contribution in [0.2, 0.25) is 0 Å². The average Bonchev–Trinajstić information content (AvgIpc) is 2.43. The summed E-state index contributed by atoms with van der Waals surface area (Å²) in [6.07, 6.45) is 0.356. The van der Waals surface area contributed by atoms with Gasteiger partial charge in [-0.3, -0.25) is 4.57 Å². The second-order valence-electron chi connectivity index (χ2n) is 4.50. The number of rotatable bonds is 4. The summed E-state index contributed by atoms with van der Waals surface area (Å²) in [4.78, 5) is 0. The molecule has 2 rings (SSSR count). The summed E-state index contributed by atoms with van der Waals surface area (Å²) in [5.74, 6) is -0.158. The first-order valence-electron chi connectivity index (χ1n) is 5.99. The van der Waals surface area contributed by atoms with Gasteiger partial charge in [0.25, 0.3) is 0 Å². The molecule has 0 spiro atoms. The summed E-state index contributed by atoms with van der Waals surface area (Å²) in [5.41, 5.74) is 13.6. The van der Waals surface area contributed by atoms with E-state index in [4.69, 9.17) is 11.5 Å². The van der Waals surface area contributed by atoms with Gasteiger partial charge in [-0.1, -0.05) is 12.1 Å². The summed E-state index contributed by atoms with van der Waals surface area (Å²) in [6.45, 7) is 0. The van der Waals surface area contributed by atoms with Crippen LogP contribution in [-0.2, 0) is 4.57 Å². The minimum Gasteiger partial charge on any atom is -0.506 e. The Hall–Kier alpha value is -2.26. The lowest BCUT2D eigenvalue weighted by Crippen LogP contribution is -2.04. The normalized spacial score (nSPS) is 11.1. The van der Waals surface area contributed by atoms with E-state index in [1.54, 1.807) is 24.3 Å². The Morgan fingerprint density at radius 1 is 0.950 bits per heavy atom. The minimum absolute atomic E-state index is 0.00825. The molecule has 0 fully saturated rings. The molecule has 20 heavy (non-hydrogen) atoms. The van der Waals surface area contributed by atoms with Crippen molar-refractivity contribution in [3.05, 3.63) is 47.5 Å². The van der Waals surface area contributed by atoms with Crippen LogP contribution in [0, 0.1) is 0 Å². The fourth-order valence-corrected chi connectivity index (χ4v) is 2.63. The van der Waals surface area contributed by atoms with Crippen LogP contribution in [0.5, 0.6) is 11.5 Å². The van der Waals surface area contributed by atoms with Crippen molar-refractivity contribution in [3.63, 3.8) is 0 Å². The molecular formula is C14H15N2O3P. The van der Waals surface area contributed by atoms with Crippen LogP contribution in [0.4, 0.5) is 11.4 Å². The molecule has 0 bridgehead atoms. The molecule has 5 nitrogen and oxygen atoms in total. The summed E-state index contributed by atoms with van der Waals surface area (Å²) in [5, 5.41) is 18.9. The Bertz CT molecular complexity index is 595. The van der Waals surface area contributed by atoms with Crippen molar-refractivity contribution in [2.75, 3.05) is 17.6 Å².